The maximum Gasteiger partial charge on any atom is 0.221 e. The second-order valence-corrected chi connectivity index (χ2v) is 5.74. The minimum Gasteiger partial charge on any atom is -0.497 e. The van der Waals surface area contributed by atoms with Crippen molar-refractivity contribution in [1.29, 1.82) is 0 Å². The highest BCUT2D eigenvalue weighted by Crippen LogP contribution is 2.44. The van der Waals surface area contributed by atoms with Crippen LogP contribution in [0.25, 0.3) is 0 Å². The smallest absolute Gasteiger partial charge is 0.221 e. The van der Waals surface area contributed by atoms with Gasteiger partial charge in [-0.25, -0.2) is 0 Å². The quantitative estimate of drug-likeness (QED) is 0.938. The number of benzene rings is 2. The van der Waals surface area contributed by atoms with Crippen LogP contribution in [0.15, 0.2) is 54.6 Å². The van der Waals surface area contributed by atoms with E-state index in [1.807, 2.05) is 36.4 Å². The van der Waals surface area contributed by atoms with Crippen LogP contribution in [0.3, 0.4) is 0 Å². The third kappa shape index (κ3) is 2.40. The molecule has 0 aromatic heterocycles. The van der Waals surface area contributed by atoms with Crippen molar-refractivity contribution in [2.45, 2.75) is 24.8 Å². The Balaban J connectivity index is 2.06. The summed E-state index contributed by atoms with van der Waals surface area (Å²) in [6.07, 6.45) is 0.486. The molecule has 3 nitrogen and oxygen atoms in total. The minimum atomic E-state index is -0.271. The Morgan fingerprint density at radius 1 is 1.14 bits per heavy atom. The summed E-state index contributed by atoms with van der Waals surface area (Å²) in [5.41, 5.74) is 1.98. The van der Waals surface area contributed by atoms with Crippen molar-refractivity contribution < 1.29 is 9.53 Å². The van der Waals surface area contributed by atoms with Gasteiger partial charge in [0.2, 0.25) is 5.91 Å². The highest BCUT2D eigenvalue weighted by molar-refractivity contribution is 5.82. The molecule has 1 saturated heterocycles. The molecule has 1 amide bonds. The van der Waals surface area contributed by atoms with Gasteiger partial charge in [0.15, 0.2) is 0 Å². The third-order valence-corrected chi connectivity index (χ3v) is 4.33. The maximum atomic E-state index is 12.0. The Morgan fingerprint density at radius 3 is 2.62 bits per heavy atom. The molecule has 0 bridgehead atoms. The molecule has 108 valence electrons. The number of amides is 1. The van der Waals surface area contributed by atoms with Crippen LogP contribution in [0.5, 0.6) is 5.75 Å². The summed E-state index contributed by atoms with van der Waals surface area (Å²) in [6, 6.07) is 18.1. The lowest BCUT2D eigenvalue weighted by Gasteiger charge is -2.31. The number of hydrogen-bond donors (Lipinski definition) is 1. The summed E-state index contributed by atoms with van der Waals surface area (Å²) in [5.74, 6) is 0.911. The fraction of sp³-hybridized carbons (Fsp3) is 0.278. The number of carbonyl (C=O) groups excluding carboxylic acids is 1. The first kappa shape index (κ1) is 13.7. The second kappa shape index (κ2) is 5.24. The van der Waals surface area contributed by atoms with E-state index in [-0.39, 0.29) is 17.4 Å². The maximum absolute atomic E-state index is 12.0. The Hall–Kier alpha value is -2.29. The molecule has 2 unspecified atom stereocenters. The Labute approximate surface area is 124 Å². The van der Waals surface area contributed by atoms with Gasteiger partial charge < -0.3 is 10.1 Å². The standard InChI is InChI=1S/C18H19NO2/c1-18(14-9-6-10-15(11-14)21-2)12-16(20)19-17(18)13-7-4-3-5-8-13/h3-11,17H,12H2,1-2H3,(H,19,20). The molecule has 0 spiro atoms. The predicted octanol–water partition coefficient (Wildman–Crippen LogP) is 3.21. The first-order chi connectivity index (χ1) is 10.1. The summed E-state index contributed by atoms with van der Waals surface area (Å²) < 4.78 is 5.32. The van der Waals surface area contributed by atoms with Crippen LogP contribution in [0, 0.1) is 0 Å². The van der Waals surface area contributed by atoms with Crippen molar-refractivity contribution >= 4 is 5.91 Å². The van der Waals surface area contributed by atoms with E-state index in [2.05, 4.69) is 30.4 Å². The summed E-state index contributed by atoms with van der Waals surface area (Å²) in [5, 5.41) is 3.12. The monoisotopic (exact) mass is 281 g/mol. The third-order valence-electron chi connectivity index (χ3n) is 4.33. The molecule has 0 radical (unpaired) electrons. The van der Waals surface area contributed by atoms with E-state index in [1.165, 1.54) is 0 Å². The van der Waals surface area contributed by atoms with Gasteiger partial charge in [0, 0.05) is 11.8 Å². The van der Waals surface area contributed by atoms with E-state index < -0.39 is 0 Å². The molecule has 2 atom stereocenters. The van der Waals surface area contributed by atoms with Gasteiger partial charge in [0.1, 0.15) is 5.75 Å². The molecule has 1 aliphatic heterocycles. The van der Waals surface area contributed by atoms with E-state index in [9.17, 15) is 4.79 Å². The number of hydrogen-bond acceptors (Lipinski definition) is 2. The molecule has 1 heterocycles. The molecular weight excluding hydrogens is 262 g/mol. The van der Waals surface area contributed by atoms with E-state index in [4.69, 9.17) is 4.74 Å². The van der Waals surface area contributed by atoms with Crippen LogP contribution in [0.1, 0.15) is 30.5 Å². The number of nitrogens with one attached hydrogen (secondary N) is 1. The van der Waals surface area contributed by atoms with Crippen LogP contribution in [-0.4, -0.2) is 13.0 Å². The van der Waals surface area contributed by atoms with Gasteiger partial charge >= 0.3 is 0 Å². The molecule has 21 heavy (non-hydrogen) atoms. The summed E-state index contributed by atoms with van der Waals surface area (Å²) in [6.45, 7) is 2.14. The van der Waals surface area contributed by atoms with Gasteiger partial charge in [-0.15, -0.1) is 0 Å². The van der Waals surface area contributed by atoms with Gasteiger partial charge in [-0.1, -0.05) is 49.4 Å². The van der Waals surface area contributed by atoms with Crippen molar-refractivity contribution in [2.75, 3.05) is 7.11 Å². The normalized spacial score (nSPS) is 24.7. The van der Waals surface area contributed by atoms with Gasteiger partial charge in [-0.3, -0.25) is 4.79 Å². The van der Waals surface area contributed by atoms with E-state index >= 15 is 0 Å². The average Bonchev–Trinajstić information content (AvgIpc) is 2.84. The summed E-state index contributed by atoms with van der Waals surface area (Å²) in [4.78, 5) is 12.0. The SMILES string of the molecule is COc1cccc(C2(C)CC(=O)NC2c2ccccc2)c1. The van der Waals surface area contributed by atoms with E-state index in [0.717, 1.165) is 16.9 Å². The topological polar surface area (TPSA) is 38.3 Å². The Morgan fingerprint density at radius 2 is 1.90 bits per heavy atom. The van der Waals surface area contributed by atoms with Gasteiger partial charge in [0.05, 0.1) is 13.2 Å². The number of ether oxygens (including phenoxy) is 1. The highest BCUT2D eigenvalue weighted by atomic mass is 16.5. The average molecular weight is 281 g/mol. The van der Waals surface area contributed by atoms with Crippen LogP contribution in [0.2, 0.25) is 0 Å². The molecule has 0 aliphatic carbocycles. The fourth-order valence-corrected chi connectivity index (χ4v) is 3.15. The fourth-order valence-electron chi connectivity index (χ4n) is 3.15. The van der Waals surface area contributed by atoms with Crippen molar-refractivity contribution in [3.05, 3.63) is 65.7 Å². The highest BCUT2D eigenvalue weighted by Gasteiger charge is 2.45. The molecular formula is C18H19NO2. The summed E-state index contributed by atoms with van der Waals surface area (Å²) >= 11 is 0. The lowest BCUT2D eigenvalue weighted by atomic mass is 9.73. The molecule has 3 rings (SSSR count). The van der Waals surface area contributed by atoms with Crippen molar-refractivity contribution in [1.82, 2.24) is 5.32 Å². The predicted molar refractivity (Wildman–Crippen MR) is 82.3 cm³/mol. The minimum absolute atomic E-state index is 0.0155. The van der Waals surface area contributed by atoms with Crippen LogP contribution in [0.4, 0.5) is 0 Å². The molecule has 2 aromatic rings. The van der Waals surface area contributed by atoms with Crippen molar-refractivity contribution in [2.24, 2.45) is 0 Å². The van der Waals surface area contributed by atoms with Crippen LogP contribution in [-0.2, 0) is 10.2 Å². The molecule has 1 fully saturated rings. The van der Waals surface area contributed by atoms with Crippen molar-refractivity contribution in [3.8, 4) is 5.75 Å². The zero-order valence-electron chi connectivity index (χ0n) is 12.3. The number of methoxy groups -OCH3 is 1. The molecule has 2 aromatic carbocycles. The largest absolute Gasteiger partial charge is 0.497 e. The molecule has 1 N–H and O–H groups in total. The zero-order valence-corrected chi connectivity index (χ0v) is 12.3. The van der Waals surface area contributed by atoms with E-state index in [0.29, 0.717) is 6.42 Å². The second-order valence-electron chi connectivity index (χ2n) is 5.74. The van der Waals surface area contributed by atoms with Crippen LogP contribution < -0.4 is 10.1 Å². The molecule has 0 saturated carbocycles. The lowest BCUT2D eigenvalue weighted by molar-refractivity contribution is -0.119. The zero-order chi connectivity index (χ0) is 14.9. The number of rotatable bonds is 3. The van der Waals surface area contributed by atoms with E-state index in [1.54, 1.807) is 7.11 Å². The molecule has 1 aliphatic rings. The first-order valence-electron chi connectivity index (χ1n) is 7.12. The Kier molecular flexibility index (Phi) is 3.42. The first-order valence-corrected chi connectivity index (χ1v) is 7.12. The van der Waals surface area contributed by atoms with Gasteiger partial charge in [0.25, 0.3) is 0 Å². The summed E-state index contributed by atoms with van der Waals surface area (Å²) in [7, 11) is 1.66. The van der Waals surface area contributed by atoms with Crippen LogP contribution >= 0.6 is 0 Å². The number of carbonyl (C=O) groups is 1. The Bertz CT molecular complexity index is 653. The van der Waals surface area contributed by atoms with Gasteiger partial charge in [-0.05, 0) is 23.3 Å². The van der Waals surface area contributed by atoms with Crippen molar-refractivity contribution in [3.63, 3.8) is 0 Å². The van der Waals surface area contributed by atoms with Gasteiger partial charge in [-0.2, -0.15) is 0 Å². The lowest BCUT2D eigenvalue weighted by Crippen LogP contribution is -2.30. The molecule has 3 heteroatoms.